The van der Waals surface area contributed by atoms with Crippen LogP contribution in [0.5, 0.6) is 5.75 Å². The SMILES string of the molecule is COc1ccc(NC(=S)NC2C[C@H]3CC[C@@H](C2)N3Cc2ccco2)cc1. The Balaban J connectivity index is 1.30. The second-order valence-electron chi connectivity index (χ2n) is 7.13. The minimum absolute atomic E-state index is 0.429. The molecule has 6 heteroatoms. The molecule has 0 radical (unpaired) electrons. The Kier molecular flexibility index (Phi) is 5.13. The minimum Gasteiger partial charge on any atom is -0.497 e. The highest BCUT2D eigenvalue weighted by Gasteiger charge is 2.41. The summed E-state index contributed by atoms with van der Waals surface area (Å²) in [6, 6.07) is 13.5. The monoisotopic (exact) mass is 371 g/mol. The van der Waals surface area contributed by atoms with Gasteiger partial charge in [-0.25, -0.2) is 0 Å². The van der Waals surface area contributed by atoms with Crippen molar-refractivity contribution in [3.63, 3.8) is 0 Å². The van der Waals surface area contributed by atoms with Gasteiger partial charge >= 0.3 is 0 Å². The molecule has 0 spiro atoms. The first-order chi connectivity index (χ1) is 12.7. The largest absolute Gasteiger partial charge is 0.497 e. The van der Waals surface area contributed by atoms with E-state index in [9.17, 15) is 0 Å². The van der Waals surface area contributed by atoms with Crippen LogP contribution in [0.15, 0.2) is 47.1 Å². The number of methoxy groups -OCH3 is 1. The van der Waals surface area contributed by atoms with Gasteiger partial charge in [-0.1, -0.05) is 0 Å². The van der Waals surface area contributed by atoms with Gasteiger partial charge in [-0.2, -0.15) is 0 Å². The van der Waals surface area contributed by atoms with Crippen LogP contribution in [0.3, 0.4) is 0 Å². The van der Waals surface area contributed by atoms with Crippen LogP contribution in [0, 0.1) is 0 Å². The Hall–Kier alpha value is -2.05. The maximum Gasteiger partial charge on any atom is 0.170 e. The van der Waals surface area contributed by atoms with Gasteiger partial charge in [0.05, 0.1) is 19.9 Å². The number of benzene rings is 1. The predicted molar refractivity (Wildman–Crippen MR) is 106 cm³/mol. The summed E-state index contributed by atoms with van der Waals surface area (Å²) in [6.45, 7) is 0.920. The molecule has 0 amide bonds. The molecule has 26 heavy (non-hydrogen) atoms. The van der Waals surface area contributed by atoms with E-state index in [2.05, 4.69) is 21.6 Å². The molecule has 3 atom stereocenters. The van der Waals surface area contributed by atoms with Crippen LogP contribution in [-0.2, 0) is 6.54 Å². The Morgan fingerprint density at radius 3 is 2.54 bits per heavy atom. The third-order valence-corrected chi connectivity index (χ3v) is 5.71. The van der Waals surface area contributed by atoms with Gasteiger partial charge in [0.1, 0.15) is 11.5 Å². The molecule has 5 nitrogen and oxygen atoms in total. The Morgan fingerprint density at radius 1 is 1.19 bits per heavy atom. The van der Waals surface area contributed by atoms with Gasteiger partial charge in [-0.05, 0) is 74.3 Å². The maximum absolute atomic E-state index is 5.54. The molecule has 0 aliphatic carbocycles. The Morgan fingerprint density at radius 2 is 1.92 bits per heavy atom. The molecular formula is C20H25N3O2S. The van der Waals surface area contributed by atoms with Crippen LogP contribution in [0.1, 0.15) is 31.4 Å². The number of nitrogens with zero attached hydrogens (tertiary/aromatic N) is 1. The van der Waals surface area contributed by atoms with Crippen LogP contribution in [0.25, 0.3) is 0 Å². The zero-order valence-corrected chi connectivity index (χ0v) is 15.8. The van der Waals surface area contributed by atoms with E-state index in [4.69, 9.17) is 21.4 Å². The number of fused-ring (bicyclic) bond motifs is 2. The zero-order valence-electron chi connectivity index (χ0n) is 15.0. The fraction of sp³-hybridized carbons (Fsp3) is 0.450. The highest BCUT2D eigenvalue weighted by atomic mass is 32.1. The summed E-state index contributed by atoms with van der Waals surface area (Å²) < 4.78 is 10.7. The van der Waals surface area contributed by atoms with Crippen LogP contribution in [-0.4, -0.2) is 35.2 Å². The smallest absolute Gasteiger partial charge is 0.170 e. The summed E-state index contributed by atoms with van der Waals surface area (Å²) in [5, 5.41) is 7.48. The van der Waals surface area contributed by atoms with Crippen LogP contribution >= 0.6 is 12.2 Å². The average Bonchev–Trinajstić information content (AvgIpc) is 3.22. The first-order valence-corrected chi connectivity index (χ1v) is 9.62. The van der Waals surface area contributed by atoms with E-state index in [1.54, 1.807) is 13.4 Å². The van der Waals surface area contributed by atoms with E-state index in [1.165, 1.54) is 12.8 Å². The van der Waals surface area contributed by atoms with Gasteiger partial charge in [0.2, 0.25) is 0 Å². The number of ether oxygens (including phenoxy) is 1. The molecule has 138 valence electrons. The molecule has 2 aromatic rings. The van der Waals surface area contributed by atoms with E-state index in [-0.39, 0.29) is 0 Å². The van der Waals surface area contributed by atoms with E-state index < -0.39 is 0 Å². The molecule has 1 aromatic heterocycles. The number of rotatable bonds is 5. The average molecular weight is 372 g/mol. The minimum atomic E-state index is 0.429. The van der Waals surface area contributed by atoms with Crippen LogP contribution in [0.2, 0.25) is 0 Å². The quantitative estimate of drug-likeness (QED) is 0.781. The second-order valence-corrected chi connectivity index (χ2v) is 7.54. The van der Waals surface area contributed by atoms with E-state index in [1.807, 2.05) is 30.3 Å². The molecule has 1 aromatic carbocycles. The zero-order chi connectivity index (χ0) is 17.9. The van der Waals surface area contributed by atoms with Gasteiger partial charge in [-0.15, -0.1) is 0 Å². The number of hydrogen-bond donors (Lipinski definition) is 2. The van der Waals surface area contributed by atoms with Gasteiger partial charge in [0, 0.05) is 23.8 Å². The molecule has 2 fully saturated rings. The molecule has 2 aliphatic heterocycles. The lowest BCUT2D eigenvalue weighted by molar-refractivity contribution is 0.106. The molecule has 2 bridgehead atoms. The van der Waals surface area contributed by atoms with Crippen LogP contribution in [0.4, 0.5) is 5.69 Å². The summed E-state index contributed by atoms with van der Waals surface area (Å²) in [7, 11) is 1.67. The molecule has 2 aliphatic rings. The fourth-order valence-electron chi connectivity index (χ4n) is 4.26. The van der Waals surface area contributed by atoms with Crippen molar-refractivity contribution in [3.8, 4) is 5.75 Å². The summed E-state index contributed by atoms with van der Waals surface area (Å²) >= 11 is 5.52. The number of furan rings is 1. The van der Waals surface area contributed by atoms with Crippen molar-refractivity contribution in [3.05, 3.63) is 48.4 Å². The molecule has 0 saturated carbocycles. The van der Waals surface area contributed by atoms with Crippen molar-refractivity contribution in [1.82, 2.24) is 10.2 Å². The van der Waals surface area contributed by atoms with Gasteiger partial charge in [-0.3, -0.25) is 4.90 Å². The number of thiocarbonyl (C=S) groups is 1. The summed E-state index contributed by atoms with van der Waals surface area (Å²) in [4.78, 5) is 2.61. The number of anilines is 1. The van der Waals surface area contributed by atoms with Crippen molar-refractivity contribution in [2.24, 2.45) is 0 Å². The summed E-state index contributed by atoms with van der Waals surface area (Å²) in [6.07, 6.45) is 6.54. The summed E-state index contributed by atoms with van der Waals surface area (Å²) in [5.74, 6) is 1.90. The first-order valence-electron chi connectivity index (χ1n) is 9.21. The van der Waals surface area contributed by atoms with Gasteiger partial charge in [0.25, 0.3) is 0 Å². The normalized spacial score (nSPS) is 25.0. The Bertz CT molecular complexity index is 718. The van der Waals surface area contributed by atoms with E-state index in [0.29, 0.717) is 23.2 Å². The highest BCUT2D eigenvalue weighted by molar-refractivity contribution is 7.80. The second kappa shape index (κ2) is 7.68. The molecule has 3 heterocycles. The maximum atomic E-state index is 5.54. The number of nitrogens with one attached hydrogen (secondary N) is 2. The van der Waals surface area contributed by atoms with Gasteiger partial charge in [0.15, 0.2) is 5.11 Å². The standard InChI is InChI=1S/C20H25N3O2S/c1-24-18-8-4-14(5-9-18)21-20(26)22-15-11-16-6-7-17(12-15)23(16)13-19-3-2-10-25-19/h2-5,8-10,15-17H,6-7,11-13H2,1H3,(H2,21,22,26)/t15?,16-,17+. The first kappa shape index (κ1) is 17.4. The van der Waals surface area contributed by atoms with E-state index in [0.717, 1.165) is 36.6 Å². The van der Waals surface area contributed by atoms with E-state index >= 15 is 0 Å². The van der Waals surface area contributed by atoms with Crippen LogP contribution < -0.4 is 15.4 Å². The third-order valence-electron chi connectivity index (χ3n) is 5.49. The number of hydrogen-bond acceptors (Lipinski definition) is 4. The molecule has 1 unspecified atom stereocenters. The van der Waals surface area contributed by atoms with Crippen molar-refractivity contribution in [2.75, 3.05) is 12.4 Å². The predicted octanol–water partition coefficient (Wildman–Crippen LogP) is 3.77. The molecule has 2 N–H and O–H groups in total. The van der Waals surface area contributed by atoms with Gasteiger partial charge < -0.3 is 19.8 Å². The topological polar surface area (TPSA) is 49.7 Å². The lowest BCUT2D eigenvalue weighted by Gasteiger charge is -2.39. The number of piperidine rings is 1. The summed E-state index contributed by atoms with van der Waals surface area (Å²) in [5.41, 5.74) is 0.974. The van der Waals surface area contributed by atoms with Crippen molar-refractivity contribution in [1.29, 1.82) is 0 Å². The third kappa shape index (κ3) is 3.86. The molecule has 2 saturated heterocycles. The Labute approximate surface area is 159 Å². The fourth-order valence-corrected chi connectivity index (χ4v) is 4.54. The molecule has 4 rings (SSSR count). The van der Waals surface area contributed by atoms with Crippen molar-refractivity contribution in [2.45, 2.75) is 50.4 Å². The highest BCUT2D eigenvalue weighted by Crippen LogP contribution is 2.36. The van der Waals surface area contributed by atoms with Crippen molar-refractivity contribution < 1.29 is 9.15 Å². The lowest BCUT2D eigenvalue weighted by atomic mass is 9.97. The lowest BCUT2D eigenvalue weighted by Crippen LogP contribution is -2.50. The molecular weight excluding hydrogens is 346 g/mol. The van der Waals surface area contributed by atoms with Crippen molar-refractivity contribution >= 4 is 23.0 Å².